The number of hydrogen-bond donors (Lipinski definition) is 0. The van der Waals surface area contributed by atoms with E-state index < -0.39 is 0 Å². The van der Waals surface area contributed by atoms with Gasteiger partial charge in [0, 0.05) is 18.3 Å². The minimum absolute atomic E-state index is 0.517. The van der Waals surface area contributed by atoms with Gasteiger partial charge in [0.25, 0.3) is 0 Å². The second kappa shape index (κ2) is 7.74. The van der Waals surface area contributed by atoms with Crippen LogP contribution in [0.1, 0.15) is 22.7 Å². The molecule has 0 atom stereocenters. The predicted octanol–water partition coefficient (Wildman–Crippen LogP) is 4.77. The second-order valence-corrected chi connectivity index (χ2v) is 7.97. The van der Waals surface area contributed by atoms with Crippen molar-refractivity contribution >= 4 is 50.2 Å². The molecule has 104 valence electrons. The van der Waals surface area contributed by atoms with Gasteiger partial charge >= 0.3 is 0 Å². The van der Waals surface area contributed by atoms with Crippen LogP contribution in [-0.4, -0.2) is 23.5 Å². The van der Waals surface area contributed by atoms with Crippen LogP contribution in [-0.2, 0) is 18.8 Å². The van der Waals surface area contributed by atoms with E-state index in [1.54, 1.807) is 22.7 Å². The van der Waals surface area contributed by atoms with Crippen LogP contribution in [0.4, 0.5) is 0 Å². The van der Waals surface area contributed by atoms with Gasteiger partial charge in [-0.2, -0.15) is 0 Å². The lowest BCUT2D eigenvalue weighted by Crippen LogP contribution is -2.19. The summed E-state index contributed by atoms with van der Waals surface area (Å²) in [5.41, 5.74) is 2.37. The Morgan fingerprint density at radius 3 is 2.84 bits per heavy atom. The van der Waals surface area contributed by atoms with Crippen molar-refractivity contribution in [3.05, 3.63) is 36.9 Å². The van der Waals surface area contributed by atoms with Crippen LogP contribution in [0.15, 0.2) is 20.6 Å². The highest BCUT2D eigenvalue weighted by molar-refractivity contribution is 9.11. The van der Waals surface area contributed by atoms with Gasteiger partial charge in [0.15, 0.2) is 0 Å². The molecule has 2 nitrogen and oxygen atoms in total. The zero-order valence-electron chi connectivity index (χ0n) is 10.7. The number of aryl methyl sites for hydroxylation is 1. The van der Waals surface area contributed by atoms with Crippen LogP contribution in [0.3, 0.4) is 0 Å². The molecule has 0 aliphatic carbocycles. The van der Waals surface area contributed by atoms with Gasteiger partial charge in [-0.1, -0.05) is 0 Å². The molecule has 0 aliphatic heterocycles. The van der Waals surface area contributed by atoms with Crippen molar-refractivity contribution < 1.29 is 0 Å². The normalized spacial score (nSPS) is 11.4. The topological polar surface area (TPSA) is 16.1 Å². The third-order valence-electron chi connectivity index (χ3n) is 2.74. The van der Waals surface area contributed by atoms with E-state index >= 15 is 0 Å². The zero-order valence-corrected chi connectivity index (χ0v) is 14.7. The first kappa shape index (κ1) is 15.4. The van der Waals surface area contributed by atoms with Gasteiger partial charge in [-0.05, 0) is 53.0 Å². The highest BCUT2D eigenvalue weighted by Crippen LogP contribution is 2.21. The molecule has 0 aliphatic rings. The molecule has 0 bridgehead atoms. The van der Waals surface area contributed by atoms with E-state index in [1.807, 2.05) is 0 Å². The fourth-order valence-electron chi connectivity index (χ4n) is 1.84. The molecule has 0 saturated heterocycles. The number of halogens is 2. The molecule has 0 fully saturated rings. The molecule has 19 heavy (non-hydrogen) atoms. The van der Waals surface area contributed by atoms with E-state index in [2.05, 4.69) is 49.7 Å². The first-order chi connectivity index (χ1) is 9.17. The van der Waals surface area contributed by atoms with Crippen LogP contribution in [0.25, 0.3) is 0 Å². The summed E-state index contributed by atoms with van der Waals surface area (Å²) in [6.07, 6.45) is 2.18. The van der Waals surface area contributed by atoms with Gasteiger partial charge in [-0.25, -0.2) is 4.98 Å². The minimum atomic E-state index is 0.517. The Morgan fingerprint density at radius 1 is 1.37 bits per heavy atom. The van der Waals surface area contributed by atoms with Crippen molar-refractivity contribution in [2.24, 2.45) is 0 Å². The summed E-state index contributed by atoms with van der Waals surface area (Å²) in [4.78, 5) is 6.83. The van der Waals surface area contributed by atoms with Crippen molar-refractivity contribution in [1.82, 2.24) is 9.88 Å². The maximum absolute atomic E-state index is 5.75. The quantitative estimate of drug-likeness (QED) is 0.644. The lowest BCUT2D eigenvalue weighted by Gasteiger charge is -2.15. The van der Waals surface area contributed by atoms with Crippen LogP contribution < -0.4 is 0 Å². The van der Waals surface area contributed by atoms with E-state index in [0.717, 1.165) is 31.6 Å². The summed E-state index contributed by atoms with van der Waals surface area (Å²) < 4.78 is 1.20. The first-order valence-corrected chi connectivity index (χ1v) is 9.16. The Hall–Kier alpha value is 0.0600. The Kier molecular flexibility index (Phi) is 6.29. The Morgan fingerprint density at radius 2 is 2.21 bits per heavy atom. The molecular weight excluding hydrogens is 364 g/mol. The highest BCUT2D eigenvalue weighted by atomic mass is 79.9. The molecule has 0 aromatic carbocycles. The number of thiazole rings is 1. The maximum Gasteiger partial charge on any atom is 0.0929 e. The standard InChI is InChI=1S/C13H16BrClN2S2/c1-17(7-10-5-12(14)18-8-10)4-2-3-13-16-11(6-15)9-19-13/h5,8-9H,2-4,6-7H2,1H3. The zero-order chi connectivity index (χ0) is 13.7. The Bertz CT molecular complexity index is 512. The fraction of sp³-hybridized carbons (Fsp3) is 0.462. The minimum Gasteiger partial charge on any atom is -0.302 e. The number of aromatic nitrogens is 1. The molecule has 0 spiro atoms. The summed E-state index contributed by atoms with van der Waals surface area (Å²) >= 11 is 12.7. The van der Waals surface area contributed by atoms with E-state index in [-0.39, 0.29) is 0 Å². The molecule has 0 amide bonds. The van der Waals surface area contributed by atoms with Gasteiger partial charge in [0.2, 0.25) is 0 Å². The van der Waals surface area contributed by atoms with Gasteiger partial charge in [-0.3, -0.25) is 0 Å². The smallest absolute Gasteiger partial charge is 0.0929 e. The molecule has 0 saturated carbocycles. The molecule has 0 unspecified atom stereocenters. The summed E-state index contributed by atoms with van der Waals surface area (Å²) in [6, 6.07) is 2.19. The van der Waals surface area contributed by atoms with E-state index in [1.165, 1.54) is 14.4 Å². The van der Waals surface area contributed by atoms with Crippen LogP contribution in [0.5, 0.6) is 0 Å². The van der Waals surface area contributed by atoms with Gasteiger partial charge in [-0.15, -0.1) is 34.3 Å². The van der Waals surface area contributed by atoms with E-state index in [9.17, 15) is 0 Å². The van der Waals surface area contributed by atoms with Crippen molar-refractivity contribution in [1.29, 1.82) is 0 Å². The van der Waals surface area contributed by atoms with Crippen molar-refractivity contribution in [3.63, 3.8) is 0 Å². The van der Waals surface area contributed by atoms with Crippen LogP contribution >= 0.6 is 50.2 Å². The van der Waals surface area contributed by atoms with Crippen LogP contribution in [0, 0.1) is 0 Å². The predicted molar refractivity (Wildman–Crippen MR) is 88.3 cm³/mol. The lowest BCUT2D eigenvalue weighted by atomic mass is 10.2. The van der Waals surface area contributed by atoms with Crippen molar-refractivity contribution in [3.8, 4) is 0 Å². The third-order valence-corrected chi connectivity index (χ3v) is 5.53. The molecule has 2 aromatic heterocycles. The highest BCUT2D eigenvalue weighted by Gasteiger charge is 2.05. The molecular formula is C13H16BrClN2S2. The molecule has 2 rings (SSSR count). The number of hydrogen-bond acceptors (Lipinski definition) is 4. The molecule has 0 radical (unpaired) electrons. The summed E-state index contributed by atoms with van der Waals surface area (Å²) in [6.45, 7) is 2.09. The largest absolute Gasteiger partial charge is 0.302 e. The number of thiophene rings is 1. The first-order valence-electron chi connectivity index (χ1n) is 6.08. The molecule has 0 N–H and O–H groups in total. The van der Waals surface area contributed by atoms with Gasteiger partial charge in [0.05, 0.1) is 20.4 Å². The molecule has 2 aromatic rings. The lowest BCUT2D eigenvalue weighted by molar-refractivity contribution is 0.322. The molecule has 2 heterocycles. The summed E-state index contributed by atoms with van der Waals surface area (Å²) in [7, 11) is 2.16. The average Bonchev–Trinajstić information content (AvgIpc) is 2.98. The van der Waals surface area contributed by atoms with Crippen molar-refractivity contribution in [2.75, 3.05) is 13.6 Å². The number of rotatable bonds is 7. The van der Waals surface area contributed by atoms with Gasteiger partial charge < -0.3 is 4.90 Å². The van der Waals surface area contributed by atoms with E-state index in [0.29, 0.717) is 5.88 Å². The number of alkyl halides is 1. The summed E-state index contributed by atoms with van der Waals surface area (Å²) in [5.74, 6) is 0.517. The Balaban J connectivity index is 1.70. The Labute approximate surface area is 135 Å². The van der Waals surface area contributed by atoms with Gasteiger partial charge in [0.1, 0.15) is 0 Å². The van der Waals surface area contributed by atoms with E-state index in [4.69, 9.17) is 11.6 Å². The SMILES string of the molecule is CN(CCCc1nc(CCl)cs1)Cc1csc(Br)c1. The monoisotopic (exact) mass is 378 g/mol. The number of nitrogens with zero attached hydrogens (tertiary/aromatic N) is 2. The van der Waals surface area contributed by atoms with Crippen molar-refractivity contribution in [2.45, 2.75) is 25.3 Å². The maximum atomic E-state index is 5.75. The fourth-order valence-corrected chi connectivity index (χ4v) is 4.11. The third kappa shape index (κ3) is 5.16. The average molecular weight is 380 g/mol. The van der Waals surface area contributed by atoms with Crippen LogP contribution in [0.2, 0.25) is 0 Å². The molecule has 6 heteroatoms. The second-order valence-electron chi connectivity index (χ2n) is 4.47. The summed E-state index contributed by atoms with van der Waals surface area (Å²) in [5, 5.41) is 5.45.